The Morgan fingerprint density at radius 3 is 2.81 bits per heavy atom. The van der Waals surface area contributed by atoms with Gasteiger partial charge in [-0.1, -0.05) is 45.4 Å². The zero-order valence-corrected chi connectivity index (χ0v) is 19.1. The number of pyridine rings is 1. The second-order valence-electron chi connectivity index (χ2n) is 6.67. The van der Waals surface area contributed by atoms with Gasteiger partial charge in [-0.05, 0) is 54.3 Å². The highest BCUT2D eigenvalue weighted by molar-refractivity contribution is 9.10. The number of hydrogen-bond donors (Lipinski definition) is 1. The number of benzene rings is 1. The molecule has 0 fully saturated rings. The quantitative estimate of drug-likeness (QED) is 0.279. The number of fused-ring (bicyclic) bond motifs is 1. The molecule has 0 spiro atoms. The van der Waals surface area contributed by atoms with Gasteiger partial charge in [0.15, 0.2) is 6.61 Å². The van der Waals surface area contributed by atoms with Crippen molar-refractivity contribution in [3.8, 4) is 11.1 Å². The number of hydrogen-bond acceptors (Lipinski definition) is 5. The first-order chi connectivity index (χ1) is 15.1. The predicted octanol–water partition coefficient (Wildman–Crippen LogP) is 5.32. The molecule has 31 heavy (non-hydrogen) atoms. The van der Waals surface area contributed by atoms with Crippen LogP contribution in [0.4, 0.5) is 0 Å². The molecule has 0 bridgehead atoms. The van der Waals surface area contributed by atoms with E-state index in [9.17, 15) is 4.79 Å². The number of amides is 1. The van der Waals surface area contributed by atoms with Crippen LogP contribution in [0.15, 0.2) is 87.0 Å². The first kappa shape index (κ1) is 21.0. The number of hydrazone groups is 1. The van der Waals surface area contributed by atoms with E-state index >= 15 is 0 Å². The Kier molecular flexibility index (Phi) is 6.59. The summed E-state index contributed by atoms with van der Waals surface area (Å²) in [6.45, 7) is 1.62. The van der Waals surface area contributed by atoms with Crippen LogP contribution < -0.4 is 5.43 Å². The standard InChI is InChI=1S/C23H19BrN4O2S/c1-16(22-6-4-12-31-22)27-30-15-23(29)26-25-14-21-20(17-7-9-18(24)10-8-17)13-19-5-2-3-11-28(19)21/h2-14H,15H2,1H3,(H,26,29). The zero-order valence-electron chi connectivity index (χ0n) is 16.7. The lowest BCUT2D eigenvalue weighted by Crippen LogP contribution is -2.22. The lowest BCUT2D eigenvalue weighted by atomic mass is 10.1. The normalized spacial score (nSPS) is 11.9. The van der Waals surface area contributed by atoms with E-state index in [-0.39, 0.29) is 12.5 Å². The summed E-state index contributed by atoms with van der Waals surface area (Å²) in [4.78, 5) is 18.2. The molecule has 0 unspecified atom stereocenters. The van der Waals surface area contributed by atoms with Crippen LogP contribution in [-0.2, 0) is 9.63 Å². The molecule has 4 aromatic rings. The van der Waals surface area contributed by atoms with E-state index in [1.807, 2.05) is 77.5 Å². The Morgan fingerprint density at radius 2 is 2.03 bits per heavy atom. The smallest absolute Gasteiger partial charge is 0.280 e. The third-order valence-electron chi connectivity index (χ3n) is 4.53. The molecule has 0 radical (unpaired) electrons. The molecule has 8 heteroatoms. The van der Waals surface area contributed by atoms with Gasteiger partial charge in [-0.15, -0.1) is 11.3 Å². The fraction of sp³-hybridized carbons (Fsp3) is 0.0870. The molecule has 1 N–H and O–H groups in total. The Hall–Kier alpha value is -3.23. The van der Waals surface area contributed by atoms with Crippen LogP contribution in [0.25, 0.3) is 16.6 Å². The first-order valence-corrected chi connectivity index (χ1v) is 11.2. The molecule has 156 valence electrons. The molecule has 3 aromatic heterocycles. The number of nitrogens with zero attached hydrogens (tertiary/aromatic N) is 3. The third kappa shape index (κ3) is 5.10. The molecule has 4 rings (SSSR count). The number of nitrogens with one attached hydrogen (secondary N) is 1. The Morgan fingerprint density at radius 1 is 1.19 bits per heavy atom. The second kappa shape index (κ2) is 9.72. The SMILES string of the molecule is CC(=NOCC(=O)NN=Cc1c(-c2ccc(Br)cc2)cc2ccccn12)c1cccs1. The van der Waals surface area contributed by atoms with E-state index in [0.717, 1.165) is 37.4 Å². The van der Waals surface area contributed by atoms with E-state index in [4.69, 9.17) is 4.84 Å². The lowest BCUT2D eigenvalue weighted by Gasteiger charge is -2.03. The number of carbonyl (C=O) groups is 1. The molecule has 0 aliphatic heterocycles. The predicted molar refractivity (Wildman–Crippen MR) is 129 cm³/mol. The van der Waals surface area contributed by atoms with Gasteiger partial charge < -0.3 is 9.24 Å². The largest absolute Gasteiger partial charge is 0.385 e. The van der Waals surface area contributed by atoms with Gasteiger partial charge in [-0.25, -0.2) is 5.43 Å². The van der Waals surface area contributed by atoms with Crippen molar-refractivity contribution in [3.63, 3.8) is 0 Å². The summed E-state index contributed by atoms with van der Waals surface area (Å²) in [6.07, 6.45) is 3.61. The number of rotatable bonds is 7. The number of oxime groups is 1. The van der Waals surface area contributed by atoms with E-state index in [0.29, 0.717) is 0 Å². The van der Waals surface area contributed by atoms with Crippen molar-refractivity contribution in [1.29, 1.82) is 0 Å². The van der Waals surface area contributed by atoms with Gasteiger partial charge in [0.2, 0.25) is 0 Å². The maximum absolute atomic E-state index is 12.1. The van der Waals surface area contributed by atoms with Gasteiger partial charge >= 0.3 is 0 Å². The molecule has 0 aliphatic rings. The summed E-state index contributed by atoms with van der Waals surface area (Å²) >= 11 is 5.03. The Bertz CT molecular complexity index is 1240. The molecule has 1 aromatic carbocycles. The topological polar surface area (TPSA) is 67.5 Å². The molecule has 3 heterocycles. The van der Waals surface area contributed by atoms with Crippen LogP contribution >= 0.6 is 27.3 Å². The highest BCUT2D eigenvalue weighted by atomic mass is 79.9. The van der Waals surface area contributed by atoms with Crippen molar-refractivity contribution in [3.05, 3.63) is 87.3 Å². The van der Waals surface area contributed by atoms with Gasteiger partial charge in [0.25, 0.3) is 5.91 Å². The van der Waals surface area contributed by atoms with Crippen molar-refractivity contribution in [1.82, 2.24) is 9.83 Å². The second-order valence-corrected chi connectivity index (χ2v) is 8.53. The van der Waals surface area contributed by atoms with Crippen LogP contribution in [0.3, 0.4) is 0 Å². The van der Waals surface area contributed by atoms with Crippen molar-refractivity contribution in [2.75, 3.05) is 6.61 Å². The van der Waals surface area contributed by atoms with E-state index < -0.39 is 0 Å². The Balaban J connectivity index is 1.46. The van der Waals surface area contributed by atoms with E-state index in [1.165, 1.54) is 0 Å². The number of halogens is 1. The van der Waals surface area contributed by atoms with Crippen LogP contribution in [0, 0.1) is 0 Å². The highest BCUT2D eigenvalue weighted by Gasteiger charge is 2.10. The molecule has 1 amide bonds. The fourth-order valence-corrected chi connectivity index (χ4v) is 3.99. The fourth-order valence-electron chi connectivity index (χ4n) is 3.05. The molecule has 0 atom stereocenters. The van der Waals surface area contributed by atoms with Crippen molar-refractivity contribution in [2.24, 2.45) is 10.3 Å². The maximum atomic E-state index is 12.1. The van der Waals surface area contributed by atoms with Gasteiger partial charge in [0, 0.05) is 21.7 Å². The summed E-state index contributed by atoms with van der Waals surface area (Å²) < 4.78 is 3.04. The van der Waals surface area contributed by atoms with Gasteiger partial charge in [0.05, 0.1) is 22.5 Å². The lowest BCUT2D eigenvalue weighted by molar-refractivity contribution is -0.125. The minimum absolute atomic E-state index is 0.214. The van der Waals surface area contributed by atoms with Crippen LogP contribution in [0.2, 0.25) is 0 Å². The number of carbonyl (C=O) groups excluding carboxylic acids is 1. The third-order valence-corrected chi connectivity index (χ3v) is 6.03. The molecular formula is C23H19BrN4O2S. The minimum Gasteiger partial charge on any atom is -0.385 e. The van der Waals surface area contributed by atoms with Gasteiger partial charge in [0.1, 0.15) is 0 Å². The van der Waals surface area contributed by atoms with E-state index in [1.54, 1.807) is 17.6 Å². The summed E-state index contributed by atoms with van der Waals surface area (Å²) in [5.41, 5.74) is 7.20. The monoisotopic (exact) mass is 494 g/mol. The molecule has 0 saturated carbocycles. The molecule has 6 nitrogen and oxygen atoms in total. The number of thiophene rings is 1. The summed E-state index contributed by atoms with van der Waals surface area (Å²) in [7, 11) is 0. The molecule has 0 aliphatic carbocycles. The Labute approximate surface area is 192 Å². The molecular weight excluding hydrogens is 476 g/mol. The average Bonchev–Trinajstić information content (AvgIpc) is 3.43. The van der Waals surface area contributed by atoms with E-state index in [2.05, 4.69) is 37.7 Å². The zero-order chi connectivity index (χ0) is 21.6. The van der Waals surface area contributed by atoms with Crippen LogP contribution in [0.1, 0.15) is 17.5 Å². The minimum atomic E-state index is -0.384. The van der Waals surface area contributed by atoms with Gasteiger partial charge in [-0.3, -0.25) is 4.79 Å². The summed E-state index contributed by atoms with van der Waals surface area (Å²) in [5, 5.41) is 10.1. The maximum Gasteiger partial charge on any atom is 0.280 e. The number of aromatic nitrogens is 1. The summed E-state index contributed by atoms with van der Waals surface area (Å²) in [6, 6.07) is 20.0. The highest BCUT2D eigenvalue weighted by Crippen LogP contribution is 2.28. The van der Waals surface area contributed by atoms with Crippen LogP contribution in [-0.4, -0.2) is 28.8 Å². The molecule has 0 saturated heterocycles. The van der Waals surface area contributed by atoms with Crippen molar-refractivity contribution < 1.29 is 9.63 Å². The first-order valence-electron chi connectivity index (χ1n) is 9.50. The van der Waals surface area contributed by atoms with Crippen molar-refractivity contribution in [2.45, 2.75) is 6.92 Å². The van der Waals surface area contributed by atoms with Crippen LogP contribution in [0.5, 0.6) is 0 Å². The average molecular weight is 495 g/mol. The summed E-state index contributed by atoms with van der Waals surface area (Å²) in [5.74, 6) is -0.384. The van der Waals surface area contributed by atoms with Gasteiger partial charge in [-0.2, -0.15) is 5.10 Å². The van der Waals surface area contributed by atoms with Crippen molar-refractivity contribution >= 4 is 50.6 Å².